The fourth-order valence-corrected chi connectivity index (χ4v) is 8.02. The maximum atomic E-state index is 2.53. The van der Waals surface area contributed by atoms with Crippen LogP contribution in [0, 0.1) is 27.7 Å². The van der Waals surface area contributed by atoms with Gasteiger partial charge >= 0.3 is 0 Å². The van der Waals surface area contributed by atoms with E-state index in [9.17, 15) is 0 Å². The van der Waals surface area contributed by atoms with Crippen molar-refractivity contribution in [2.45, 2.75) is 65.2 Å². The number of nitrogens with zero attached hydrogens (tertiary/aromatic N) is 2. The molecule has 7 rings (SSSR count). The topological polar surface area (TPSA) is 6.48 Å². The molecule has 0 spiro atoms. The highest BCUT2D eigenvalue weighted by atomic mass is 15.2. The lowest BCUT2D eigenvalue weighted by molar-refractivity contribution is 0.347. The van der Waals surface area contributed by atoms with Gasteiger partial charge in [0, 0.05) is 28.2 Å². The highest BCUT2D eigenvalue weighted by Gasteiger charge is 2.41. The Morgan fingerprint density at radius 3 is 0.917 bits per heavy atom. The first kappa shape index (κ1) is 31.5. The average molecular weight is 627 g/mol. The molecule has 1 fully saturated rings. The minimum Gasteiger partial charge on any atom is -0.310 e. The molecule has 0 bridgehead atoms. The van der Waals surface area contributed by atoms with Gasteiger partial charge in [-0.1, -0.05) is 128 Å². The van der Waals surface area contributed by atoms with Crippen molar-refractivity contribution in [1.29, 1.82) is 0 Å². The van der Waals surface area contributed by atoms with Crippen molar-refractivity contribution < 1.29 is 0 Å². The summed E-state index contributed by atoms with van der Waals surface area (Å²) in [6, 6.07) is 53.8. The van der Waals surface area contributed by atoms with E-state index in [1.165, 1.54) is 86.8 Å². The standard InChI is InChI=1S/C46H46N2/c1-34-20-6-12-26-40(34)47(41-27-13-7-21-35(41)2)44-30-16-10-24-38(44)46(32-18-5-19-33-46)39-25-11-17-31-45(39)48(42-28-14-8-22-36(42)3)43-29-15-9-23-37(43)4/h6-17,20-31H,5,18-19,32-33H2,1-4H3. The third-order valence-electron chi connectivity index (χ3n) is 10.5. The van der Waals surface area contributed by atoms with Crippen LogP contribution in [0.3, 0.4) is 0 Å². The molecule has 240 valence electrons. The molecule has 0 heterocycles. The zero-order chi connectivity index (χ0) is 33.1. The summed E-state index contributed by atoms with van der Waals surface area (Å²) in [5, 5.41) is 0. The van der Waals surface area contributed by atoms with Crippen LogP contribution in [-0.4, -0.2) is 0 Å². The second-order valence-electron chi connectivity index (χ2n) is 13.5. The molecule has 0 radical (unpaired) electrons. The smallest absolute Gasteiger partial charge is 0.0502 e. The molecule has 6 aromatic carbocycles. The molecular weight excluding hydrogens is 581 g/mol. The van der Waals surface area contributed by atoms with Crippen molar-refractivity contribution in [1.82, 2.24) is 0 Å². The van der Waals surface area contributed by atoms with Crippen LogP contribution >= 0.6 is 0 Å². The van der Waals surface area contributed by atoms with Crippen LogP contribution < -0.4 is 9.80 Å². The van der Waals surface area contributed by atoms with Crippen LogP contribution in [0.25, 0.3) is 0 Å². The van der Waals surface area contributed by atoms with E-state index < -0.39 is 0 Å². The van der Waals surface area contributed by atoms with E-state index in [2.05, 4.69) is 183 Å². The Bertz CT molecular complexity index is 1800. The summed E-state index contributed by atoms with van der Waals surface area (Å²) in [7, 11) is 0. The monoisotopic (exact) mass is 626 g/mol. The van der Waals surface area contributed by atoms with Crippen LogP contribution in [0.15, 0.2) is 146 Å². The minimum atomic E-state index is -0.182. The van der Waals surface area contributed by atoms with Gasteiger partial charge in [-0.2, -0.15) is 0 Å². The summed E-state index contributed by atoms with van der Waals surface area (Å²) in [6.07, 6.45) is 5.88. The van der Waals surface area contributed by atoms with Crippen LogP contribution in [0.5, 0.6) is 0 Å². The molecule has 6 aromatic rings. The van der Waals surface area contributed by atoms with Crippen molar-refractivity contribution in [2.75, 3.05) is 9.80 Å². The number of aryl methyl sites for hydroxylation is 4. The molecule has 2 heteroatoms. The second-order valence-corrected chi connectivity index (χ2v) is 13.5. The van der Waals surface area contributed by atoms with Crippen LogP contribution in [0.4, 0.5) is 34.1 Å². The van der Waals surface area contributed by atoms with Gasteiger partial charge in [-0.25, -0.2) is 0 Å². The summed E-state index contributed by atoms with van der Waals surface area (Å²) in [5.41, 5.74) is 15.1. The largest absolute Gasteiger partial charge is 0.310 e. The molecule has 0 aromatic heterocycles. The van der Waals surface area contributed by atoms with Gasteiger partial charge in [0.2, 0.25) is 0 Å². The third kappa shape index (κ3) is 5.70. The minimum absolute atomic E-state index is 0.182. The highest BCUT2D eigenvalue weighted by molar-refractivity contribution is 5.85. The lowest BCUT2D eigenvalue weighted by Gasteiger charge is -2.44. The fraction of sp³-hybridized carbons (Fsp3) is 0.217. The quantitative estimate of drug-likeness (QED) is 0.166. The summed E-state index contributed by atoms with van der Waals surface area (Å²) in [4.78, 5) is 5.05. The first-order valence-corrected chi connectivity index (χ1v) is 17.5. The number of hydrogen-bond donors (Lipinski definition) is 0. The Balaban J connectivity index is 1.52. The molecule has 1 aliphatic rings. The summed E-state index contributed by atoms with van der Waals surface area (Å²) in [6.45, 7) is 8.93. The van der Waals surface area contributed by atoms with E-state index in [1.807, 2.05) is 0 Å². The van der Waals surface area contributed by atoms with Gasteiger partial charge in [-0.3, -0.25) is 0 Å². The van der Waals surface area contributed by atoms with Gasteiger partial charge in [0.15, 0.2) is 0 Å². The number of benzene rings is 6. The average Bonchev–Trinajstić information content (AvgIpc) is 3.12. The SMILES string of the molecule is Cc1ccccc1N(c1ccccc1C)c1ccccc1C1(c2ccccc2N(c2ccccc2C)c2ccccc2C)CCCCC1. The van der Waals surface area contributed by atoms with Gasteiger partial charge in [0.25, 0.3) is 0 Å². The van der Waals surface area contributed by atoms with E-state index in [1.54, 1.807) is 0 Å². The van der Waals surface area contributed by atoms with Crippen molar-refractivity contribution in [3.63, 3.8) is 0 Å². The number of hydrogen-bond acceptors (Lipinski definition) is 2. The molecule has 0 aliphatic heterocycles. The van der Waals surface area contributed by atoms with Crippen molar-refractivity contribution in [3.8, 4) is 0 Å². The summed E-state index contributed by atoms with van der Waals surface area (Å²) >= 11 is 0. The Morgan fingerprint density at radius 2 is 0.604 bits per heavy atom. The molecule has 0 atom stereocenters. The highest BCUT2D eigenvalue weighted by Crippen LogP contribution is 2.54. The Kier molecular flexibility index (Phi) is 8.91. The molecule has 0 saturated heterocycles. The van der Waals surface area contributed by atoms with Gasteiger partial charge in [0.05, 0.1) is 11.4 Å². The van der Waals surface area contributed by atoms with E-state index in [-0.39, 0.29) is 5.41 Å². The molecular formula is C46H46N2. The van der Waals surface area contributed by atoms with Crippen molar-refractivity contribution in [2.24, 2.45) is 0 Å². The Hall–Kier alpha value is -5.08. The number of para-hydroxylation sites is 6. The third-order valence-corrected chi connectivity index (χ3v) is 10.5. The number of anilines is 6. The molecule has 1 saturated carbocycles. The molecule has 0 unspecified atom stereocenters. The molecule has 48 heavy (non-hydrogen) atoms. The zero-order valence-corrected chi connectivity index (χ0v) is 28.8. The van der Waals surface area contributed by atoms with Gasteiger partial charge in [0.1, 0.15) is 0 Å². The first-order valence-electron chi connectivity index (χ1n) is 17.5. The normalized spacial score (nSPS) is 14.0. The van der Waals surface area contributed by atoms with Crippen molar-refractivity contribution >= 4 is 34.1 Å². The lowest BCUT2D eigenvalue weighted by Crippen LogP contribution is -2.34. The van der Waals surface area contributed by atoms with Gasteiger partial charge < -0.3 is 9.80 Å². The zero-order valence-electron chi connectivity index (χ0n) is 28.8. The van der Waals surface area contributed by atoms with Gasteiger partial charge in [-0.15, -0.1) is 0 Å². The molecule has 0 amide bonds. The van der Waals surface area contributed by atoms with Crippen LogP contribution in [-0.2, 0) is 5.41 Å². The fourth-order valence-electron chi connectivity index (χ4n) is 8.02. The van der Waals surface area contributed by atoms with Crippen LogP contribution in [0.1, 0.15) is 65.5 Å². The van der Waals surface area contributed by atoms with Crippen LogP contribution in [0.2, 0.25) is 0 Å². The maximum Gasteiger partial charge on any atom is 0.0502 e. The number of rotatable bonds is 8. The predicted molar refractivity (Wildman–Crippen MR) is 205 cm³/mol. The maximum absolute atomic E-state index is 2.53. The lowest BCUT2D eigenvalue weighted by atomic mass is 9.64. The van der Waals surface area contributed by atoms with E-state index in [0.717, 1.165) is 12.8 Å². The van der Waals surface area contributed by atoms with E-state index >= 15 is 0 Å². The summed E-state index contributed by atoms with van der Waals surface area (Å²) < 4.78 is 0. The second kappa shape index (κ2) is 13.6. The molecule has 2 nitrogen and oxygen atoms in total. The van der Waals surface area contributed by atoms with Crippen molar-refractivity contribution in [3.05, 3.63) is 179 Å². The van der Waals surface area contributed by atoms with Gasteiger partial charge in [-0.05, 0) is 110 Å². The Morgan fingerprint density at radius 1 is 0.333 bits per heavy atom. The first-order chi connectivity index (χ1) is 23.5. The van der Waals surface area contributed by atoms with E-state index in [4.69, 9.17) is 0 Å². The Labute approximate surface area is 287 Å². The predicted octanol–water partition coefficient (Wildman–Crippen LogP) is 13.1. The molecule has 1 aliphatic carbocycles. The molecule has 0 N–H and O–H groups in total. The van der Waals surface area contributed by atoms with E-state index in [0.29, 0.717) is 0 Å². The summed E-state index contributed by atoms with van der Waals surface area (Å²) in [5.74, 6) is 0.